The molecule has 1 atom stereocenters. The van der Waals surface area contributed by atoms with Gasteiger partial charge in [0.15, 0.2) is 0 Å². The van der Waals surface area contributed by atoms with Gasteiger partial charge >= 0.3 is 0 Å². The maximum Gasteiger partial charge on any atom is 0.230 e. The summed E-state index contributed by atoms with van der Waals surface area (Å²) in [5.41, 5.74) is 1.02. The Balaban J connectivity index is 1.69. The first-order valence-electron chi connectivity index (χ1n) is 7.47. The average molecular weight is 357 g/mol. The van der Waals surface area contributed by atoms with Gasteiger partial charge in [-0.2, -0.15) is 0 Å². The molecule has 0 radical (unpaired) electrons. The maximum absolute atomic E-state index is 12.0. The van der Waals surface area contributed by atoms with Crippen LogP contribution in [0.1, 0.15) is 12.0 Å². The minimum atomic E-state index is -0.104. The van der Waals surface area contributed by atoms with Crippen molar-refractivity contribution in [3.05, 3.63) is 34.9 Å². The van der Waals surface area contributed by atoms with Crippen molar-refractivity contribution in [3.63, 3.8) is 0 Å². The first-order chi connectivity index (χ1) is 11.1. The van der Waals surface area contributed by atoms with E-state index >= 15 is 0 Å². The lowest BCUT2D eigenvalue weighted by molar-refractivity contribution is -0.128. The number of hydrogen-bond donors (Lipinski definition) is 1. The Morgan fingerprint density at radius 1 is 1.48 bits per heavy atom. The van der Waals surface area contributed by atoms with E-state index in [0.717, 1.165) is 10.6 Å². The van der Waals surface area contributed by atoms with Crippen LogP contribution in [0.4, 0.5) is 0 Å². The summed E-state index contributed by atoms with van der Waals surface area (Å²) in [5.74, 6) is 1.06. The van der Waals surface area contributed by atoms with Crippen LogP contribution in [0.25, 0.3) is 0 Å². The third-order valence-electron chi connectivity index (χ3n) is 3.59. The summed E-state index contributed by atoms with van der Waals surface area (Å²) in [4.78, 5) is 25.5. The second-order valence-electron chi connectivity index (χ2n) is 5.39. The molecule has 5 nitrogen and oxygen atoms in total. The fourth-order valence-electron chi connectivity index (χ4n) is 2.42. The number of likely N-dealkylation sites (tertiary alicyclic amines) is 1. The standard InChI is InChI=1S/C16H21ClN2O3S/c1-22-7-6-19-9-13(8-16(19)21)18-15(20)11-23-10-12-4-2-3-5-14(12)17/h2-5,13H,6-11H2,1H3,(H,18,20)/t13-/m0/s1. The van der Waals surface area contributed by atoms with Crippen LogP contribution in [-0.2, 0) is 20.1 Å². The highest BCUT2D eigenvalue weighted by Crippen LogP contribution is 2.20. The molecule has 1 aliphatic rings. The van der Waals surface area contributed by atoms with E-state index in [9.17, 15) is 9.59 Å². The number of methoxy groups -OCH3 is 1. The van der Waals surface area contributed by atoms with Crippen molar-refractivity contribution < 1.29 is 14.3 Å². The molecule has 0 saturated carbocycles. The smallest absolute Gasteiger partial charge is 0.230 e. The lowest BCUT2D eigenvalue weighted by Crippen LogP contribution is -2.38. The van der Waals surface area contributed by atoms with Gasteiger partial charge in [0.1, 0.15) is 0 Å². The number of thioether (sulfide) groups is 1. The Kier molecular flexibility index (Phi) is 7.20. The Morgan fingerprint density at radius 2 is 2.26 bits per heavy atom. The van der Waals surface area contributed by atoms with Crippen molar-refractivity contribution >= 4 is 35.2 Å². The van der Waals surface area contributed by atoms with Gasteiger partial charge in [-0.15, -0.1) is 11.8 Å². The van der Waals surface area contributed by atoms with E-state index in [-0.39, 0.29) is 17.9 Å². The van der Waals surface area contributed by atoms with Crippen molar-refractivity contribution in [2.24, 2.45) is 0 Å². The van der Waals surface area contributed by atoms with E-state index in [1.54, 1.807) is 12.0 Å². The first kappa shape index (κ1) is 18.1. The number of halogens is 1. The molecule has 1 fully saturated rings. The van der Waals surface area contributed by atoms with Crippen LogP contribution in [-0.4, -0.2) is 55.3 Å². The molecule has 7 heteroatoms. The van der Waals surface area contributed by atoms with E-state index in [4.69, 9.17) is 16.3 Å². The molecule has 1 aromatic rings. The van der Waals surface area contributed by atoms with Crippen LogP contribution in [0, 0.1) is 0 Å². The van der Waals surface area contributed by atoms with Crippen LogP contribution in [0.3, 0.4) is 0 Å². The van der Waals surface area contributed by atoms with Crippen molar-refractivity contribution in [3.8, 4) is 0 Å². The zero-order chi connectivity index (χ0) is 16.7. The van der Waals surface area contributed by atoms with Gasteiger partial charge in [0.25, 0.3) is 0 Å². The number of carbonyl (C=O) groups is 2. The van der Waals surface area contributed by atoms with Gasteiger partial charge in [0, 0.05) is 37.4 Å². The van der Waals surface area contributed by atoms with E-state index in [1.165, 1.54) is 11.8 Å². The fourth-order valence-corrected chi connectivity index (χ4v) is 3.55. The van der Waals surface area contributed by atoms with Crippen molar-refractivity contribution in [2.75, 3.05) is 32.6 Å². The number of benzene rings is 1. The number of carbonyl (C=O) groups excluding carboxylic acids is 2. The highest BCUT2D eigenvalue weighted by atomic mass is 35.5. The number of hydrogen-bond acceptors (Lipinski definition) is 4. The Labute approximate surface area is 145 Å². The highest BCUT2D eigenvalue weighted by Gasteiger charge is 2.29. The Hall–Kier alpha value is -1.24. The van der Waals surface area contributed by atoms with E-state index in [2.05, 4.69) is 5.32 Å². The molecule has 2 rings (SSSR count). The molecule has 2 amide bonds. The van der Waals surface area contributed by atoms with Crippen LogP contribution in [0.15, 0.2) is 24.3 Å². The van der Waals surface area contributed by atoms with Crippen LogP contribution in [0.2, 0.25) is 5.02 Å². The quantitative estimate of drug-likeness (QED) is 0.773. The summed E-state index contributed by atoms with van der Waals surface area (Å²) in [6.45, 7) is 1.65. The van der Waals surface area contributed by atoms with Crippen molar-refractivity contribution in [2.45, 2.75) is 18.2 Å². The molecule has 0 aromatic heterocycles. The maximum atomic E-state index is 12.0. The molecule has 0 spiro atoms. The molecule has 0 bridgehead atoms. The number of ether oxygens (including phenoxy) is 1. The summed E-state index contributed by atoms with van der Waals surface area (Å²) in [6, 6.07) is 7.51. The van der Waals surface area contributed by atoms with E-state index < -0.39 is 0 Å². The monoisotopic (exact) mass is 356 g/mol. The zero-order valence-electron chi connectivity index (χ0n) is 13.1. The molecule has 0 unspecified atom stereocenters. The molecule has 1 heterocycles. The van der Waals surface area contributed by atoms with Crippen LogP contribution in [0.5, 0.6) is 0 Å². The van der Waals surface area contributed by atoms with Crippen LogP contribution < -0.4 is 5.32 Å². The minimum Gasteiger partial charge on any atom is -0.383 e. The topological polar surface area (TPSA) is 58.6 Å². The normalized spacial score (nSPS) is 17.6. The molecule has 1 aromatic carbocycles. The van der Waals surface area contributed by atoms with E-state index in [0.29, 0.717) is 37.6 Å². The first-order valence-corrected chi connectivity index (χ1v) is 9.00. The van der Waals surface area contributed by atoms with Crippen molar-refractivity contribution in [1.82, 2.24) is 10.2 Å². The summed E-state index contributed by atoms with van der Waals surface area (Å²) >= 11 is 7.60. The second kappa shape index (κ2) is 9.15. The van der Waals surface area contributed by atoms with Gasteiger partial charge in [0.2, 0.25) is 11.8 Å². The van der Waals surface area contributed by atoms with Gasteiger partial charge in [-0.1, -0.05) is 29.8 Å². The van der Waals surface area contributed by atoms with Crippen molar-refractivity contribution in [1.29, 1.82) is 0 Å². The SMILES string of the molecule is COCCN1C[C@@H](NC(=O)CSCc2ccccc2Cl)CC1=O. The summed E-state index contributed by atoms with van der Waals surface area (Å²) in [5, 5.41) is 3.64. The molecule has 23 heavy (non-hydrogen) atoms. The number of nitrogens with one attached hydrogen (secondary N) is 1. The summed E-state index contributed by atoms with van der Waals surface area (Å²) < 4.78 is 4.98. The predicted octanol–water partition coefficient (Wildman–Crippen LogP) is 1.94. The zero-order valence-corrected chi connectivity index (χ0v) is 14.7. The number of amides is 2. The number of rotatable bonds is 8. The predicted molar refractivity (Wildman–Crippen MR) is 92.6 cm³/mol. The second-order valence-corrected chi connectivity index (χ2v) is 6.78. The van der Waals surface area contributed by atoms with Crippen LogP contribution >= 0.6 is 23.4 Å². The molecule has 1 aliphatic heterocycles. The third kappa shape index (κ3) is 5.71. The molecule has 1 N–H and O–H groups in total. The van der Waals surface area contributed by atoms with Gasteiger partial charge in [-0.3, -0.25) is 9.59 Å². The highest BCUT2D eigenvalue weighted by molar-refractivity contribution is 7.99. The summed E-state index contributed by atoms with van der Waals surface area (Å²) in [6.07, 6.45) is 0.366. The summed E-state index contributed by atoms with van der Waals surface area (Å²) in [7, 11) is 1.61. The molecule has 0 aliphatic carbocycles. The van der Waals surface area contributed by atoms with Gasteiger partial charge in [-0.05, 0) is 11.6 Å². The van der Waals surface area contributed by atoms with Gasteiger partial charge < -0.3 is 15.0 Å². The fraction of sp³-hybridized carbons (Fsp3) is 0.500. The Morgan fingerprint density at radius 3 is 3.00 bits per heavy atom. The molecule has 1 saturated heterocycles. The minimum absolute atomic E-state index is 0.0477. The number of nitrogens with zero attached hydrogens (tertiary/aromatic N) is 1. The molecular weight excluding hydrogens is 336 g/mol. The average Bonchev–Trinajstić information content (AvgIpc) is 2.86. The van der Waals surface area contributed by atoms with Gasteiger partial charge in [-0.25, -0.2) is 0 Å². The van der Waals surface area contributed by atoms with Gasteiger partial charge in [0.05, 0.1) is 18.4 Å². The third-order valence-corrected chi connectivity index (χ3v) is 4.94. The lowest BCUT2D eigenvalue weighted by Gasteiger charge is -2.16. The largest absolute Gasteiger partial charge is 0.383 e. The lowest BCUT2D eigenvalue weighted by atomic mass is 10.2. The molecule has 126 valence electrons. The Bertz CT molecular complexity index is 556. The molecular formula is C16H21ClN2O3S. The van der Waals surface area contributed by atoms with E-state index in [1.807, 2.05) is 24.3 Å².